The van der Waals surface area contributed by atoms with E-state index in [4.69, 9.17) is 9.47 Å². The number of halogens is 1. The van der Waals surface area contributed by atoms with Crippen LogP contribution in [0.15, 0.2) is 60.7 Å². The predicted octanol–water partition coefficient (Wildman–Crippen LogP) is 4.32. The fourth-order valence-electron chi connectivity index (χ4n) is 3.64. The zero-order valence-electron chi connectivity index (χ0n) is 22.2. The highest BCUT2D eigenvalue weighted by Gasteiger charge is 2.15. The van der Waals surface area contributed by atoms with Gasteiger partial charge in [-0.3, -0.25) is 4.79 Å². The molecule has 3 aromatic carbocycles. The lowest BCUT2D eigenvalue weighted by Gasteiger charge is -2.21. The quantitative estimate of drug-likeness (QED) is 0.333. The van der Waals surface area contributed by atoms with E-state index in [-0.39, 0.29) is 30.2 Å². The van der Waals surface area contributed by atoms with Gasteiger partial charge >= 0.3 is 12.0 Å². The first-order chi connectivity index (χ1) is 18.6. The van der Waals surface area contributed by atoms with Gasteiger partial charge in [-0.25, -0.2) is 14.0 Å². The molecule has 3 N–H and O–H groups in total. The lowest BCUT2D eigenvalue weighted by molar-refractivity contribution is -0.129. The number of hydrogen-bond acceptors (Lipinski definition) is 6. The highest BCUT2D eigenvalue weighted by atomic mass is 19.1. The van der Waals surface area contributed by atoms with Crippen molar-refractivity contribution in [3.63, 3.8) is 0 Å². The van der Waals surface area contributed by atoms with E-state index in [0.29, 0.717) is 35.0 Å². The average Bonchev–Trinajstić information content (AvgIpc) is 2.90. The van der Waals surface area contributed by atoms with Gasteiger partial charge in [0, 0.05) is 21.1 Å². The number of rotatable bonds is 11. The zero-order chi connectivity index (χ0) is 28.5. The molecule has 3 rings (SSSR count). The number of aromatic carboxylic acids is 1. The Morgan fingerprint density at radius 3 is 2.31 bits per heavy atom. The van der Waals surface area contributed by atoms with Gasteiger partial charge in [-0.1, -0.05) is 18.2 Å². The normalized spacial score (nSPS) is 10.4. The van der Waals surface area contributed by atoms with E-state index in [1.807, 2.05) is 0 Å². The lowest BCUT2D eigenvalue weighted by atomic mass is 10.1. The average molecular weight is 539 g/mol. The topological polar surface area (TPSA) is 120 Å². The fourth-order valence-corrected chi connectivity index (χ4v) is 3.64. The first-order valence-electron chi connectivity index (χ1n) is 12.0. The minimum absolute atomic E-state index is 0.0402. The van der Waals surface area contributed by atoms with Crippen LogP contribution in [0.2, 0.25) is 0 Å². The molecule has 0 aliphatic rings. The van der Waals surface area contributed by atoms with Crippen molar-refractivity contribution < 1.29 is 33.4 Å². The van der Waals surface area contributed by atoms with Crippen LogP contribution in [0, 0.1) is 5.82 Å². The van der Waals surface area contributed by atoms with Gasteiger partial charge in [0.1, 0.15) is 23.9 Å². The summed E-state index contributed by atoms with van der Waals surface area (Å²) in [6.45, 7) is 0.512. The molecule has 0 bridgehead atoms. The minimum atomic E-state index is -1.03. The Balaban J connectivity index is 1.56. The van der Waals surface area contributed by atoms with Crippen LogP contribution in [-0.2, 0) is 11.2 Å². The standard InChI is InChI=1S/C28H31FN4O6/c1-32(2)23-17-19(27(35)36)10-12-24(23)39-14-13-33(3)26(34)16-18-9-11-22(25(15-18)38-4)31-28(37)30-21-8-6-5-7-20(21)29/h5-12,15,17H,13-14,16H2,1-4H3,(H,35,36)(H2,30,31,37). The summed E-state index contributed by atoms with van der Waals surface area (Å²) in [5.74, 6) is -0.889. The molecule has 0 unspecified atom stereocenters. The number of amides is 3. The van der Waals surface area contributed by atoms with Crippen LogP contribution in [0.1, 0.15) is 15.9 Å². The number of nitrogens with zero attached hydrogens (tertiary/aromatic N) is 2. The minimum Gasteiger partial charge on any atom is -0.495 e. The van der Waals surface area contributed by atoms with Gasteiger partial charge in [-0.15, -0.1) is 0 Å². The number of hydrogen-bond donors (Lipinski definition) is 3. The Hall–Kier alpha value is -4.80. The van der Waals surface area contributed by atoms with Crippen LogP contribution in [0.3, 0.4) is 0 Å². The van der Waals surface area contributed by atoms with Crippen LogP contribution < -0.4 is 25.0 Å². The van der Waals surface area contributed by atoms with E-state index in [1.54, 1.807) is 56.4 Å². The van der Waals surface area contributed by atoms with Gasteiger partial charge in [0.2, 0.25) is 5.91 Å². The second-order valence-corrected chi connectivity index (χ2v) is 8.82. The number of ether oxygens (including phenoxy) is 2. The summed E-state index contributed by atoms with van der Waals surface area (Å²) in [6.07, 6.45) is 0.0881. The second-order valence-electron chi connectivity index (χ2n) is 8.82. The number of carboxylic acids is 1. The number of benzene rings is 3. The third-order valence-electron chi connectivity index (χ3n) is 5.79. The van der Waals surface area contributed by atoms with Crippen LogP contribution >= 0.6 is 0 Å². The van der Waals surface area contributed by atoms with Crippen LogP contribution in [-0.4, -0.2) is 69.3 Å². The maximum atomic E-state index is 13.8. The van der Waals surface area contributed by atoms with Crippen molar-refractivity contribution >= 4 is 35.0 Å². The molecule has 0 atom stereocenters. The van der Waals surface area contributed by atoms with E-state index >= 15 is 0 Å². The number of carboxylic acid groups (broad SMARTS) is 1. The molecule has 0 radical (unpaired) electrons. The summed E-state index contributed by atoms with van der Waals surface area (Å²) in [5, 5.41) is 14.3. The molecule has 11 heteroatoms. The fraction of sp³-hybridized carbons (Fsp3) is 0.250. The van der Waals surface area contributed by atoms with Crippen molar-refractivity contribution in [1.82, 2.24) is 4.90 Å². The SMILES string of the molecule is COc1cc(CC(=O)N(C)CCOc2ccc(C(=O)O)cc2N(C)C)ccc1NC(=O)Nc1ccccc1F. The maximum Gasteiger partial charge on any atom is 0.335 e. The highest BCUT2D eigenvalue weighted by molar-refractivity contribution is 6.00. The molecule has 0 heterocycles. The summed E-state index contributed by atoms with van der Waals surface area (Å²) < 4.78 is 25.0. The number of carbonyl (C=O) groups is 3. The molecule has 0 aliphatic heterocycles. The Kier molecular flexibility index (Phi) is 9.69. The smallest absolute Gasteiger partial charge is 0.335 e. The molecule has 0 saturated heterocycles. The summed E-state index contributed by atoms with van der Waals surface area (Å²) >= 11 is 0. The Morgan fingerprint density at radius 1 is 0.923 bits per heavy atom. The molecule has 3 amide bonds. The zero-order valence-corrected chi connectivity index (χ0v) is 22.2. The third-order valence-corrected chi connectivity index (χ3v) is 5.79. The molecule has 39 heavy (non-hydrogen) atoms. The van der Waals surface area contributed by atoms with Crippen molar-refractivity contribution in [2.24, 2.45) is 0 Å². The lowest BCUT2D eigenvalue weighted by Crippen LogP contribution is -2.32. The van der Waals surface area contributed by atoms with Gasteiger partial charge in [0.15, 0.2) is 0 Å². The van der Waals surface area contributed by atoms with Crippen molar-refractivity contribution in [3.05, 3.63) is 77.6 Å². The van der Waals surface area contributed by atoms with Gasteiger partial charge in [0.05, 0.1) is 42.7 Å². The number of anilines is 3. The maximum absolute atomic E-state index is 13.8. The van der Waals surface area contributed by atoms with Crippen molar-refractivity contribution in [3.8, 4) is 11.5 Å². The third kappa shape index (κ3) is 7.84. The number of carbonyl (C=O) groups excluding carboxylic acids is 2. The molecular weight excluding hydrogens is 507 g/mol. The number of nitrogens with one attached hydrogen (secondary N) is 2. The summed E-state index contributed by atoms with van der Waals surface area (Å²) in [6, 6.07) is 14.7. The number of urea groups is 1. The van der Waals surface area contributed by atoms with E-state index in [1.165, 1.54) is 42.3 Å². The molecule has 0 spiro atoms. The predicted molar refractivity (Wildman–Crippen MR) is 147 cm³/mol. The number of para-hydroxylation sites is 1. The molecule has 0 fully saturated rings. The highest BCUT2D eigenvalue weighted by Crippen LogP contribution is 2.29. The van der Waals surface area contributed by atoms with E-state index < -0.39 is 17.8 Å². The van der Waals surface area contributed by atoms with Crippen LogP contribution in [0.4, 0.5) is 26.2 Å². The first kappa shape index (κ1) is 28.8. The van der Waals surface area contributed by atoms with Crippen molar-refractivity contribution in [2.75, 3.05) is 56.9 Å². The van der Waals surface area contributed by atoms with E-state index in [2.05, 4.69) is 10.6 Å². The largest absolute Gasteiger partial charge is 0.495 e. The van der Waals surface area contributed by atoms with Gasteiger partial charge in [0.25, 0.3) is 0 Å². The van der Waals surface area contributed by atoms with Gasteiger partial charge in [-0.2, -0.15) is 0 Å². The van der Waals surface area contributed by atoms with Crippen molar-refractivity contribution in [1.29, 1.82) is 0 Å². The van der Waals surface area contributed by atoms with Crippen LogP contribution in [0.25, 0.3) is 0 Å². The summed E-state index contributed by atoms with van der Waals surface area (Å²) in [5.41, 5.74) is 1.84. The molecule has 0 aliphatic carbocycles. The number of methoxy groups -OCH3 is 1. The monoisotopic (exact) mass is 538 g/mol. The summed E-state index contributed by atoms with van der Waals surface area (Å²) in [7, 11) is 6.67. The second kappa shape index (κ2) is 13.1. The van der Waals surface area contributed by atoms with Crippen LogP contribution in [0.5, 0.6) is 11.5 Å². The molecule has 3 aromatic rings. The first-order valence-corrected chi connectivity index (χ1v) is 12.0. The Bertz CT molecular complexity index is 1350. The number of likely N-dealkylation sites (N-methyl/N-ethyl adjacent to an activating group) is 1. The van der Waals surface area contributed by atoms with E-state index in [0.717, 1.165) is 0 Å². The molecule has 0 aromatic heterocycles. The molecule has 10 nitrogen and oxygen atoms in total. The molecular formula is C28H31FN4O6. The molecule has 0 saturated carbocycles. The summed E-state index contributed by atoms with van der Waals surface area (Å²) in [4.78, 5) is 39.6. The Labute approximate surface area is 225 Å². The van der Waals surface area contributed by atoms with Crippen molar-refractivity contribution in [2.45, 2.75) is 6.42 Å². The molecule has 206 valence electrons. The van der Waals surface area contributed by atoms with E-state index in [9.17, 15) is 23.9 Å². The Morgan fingerprint density at radius 2 is 1.64 bits per heavy atom. The van der Waals surface area contributed by atoms with Gasteiger partial charge < -0.3 is 35.0 Å². The van der Waals surface area contributed by atoms with Gasteiger partial charge in [-0.05, 0) is 48.0 Å².